The zero-order valence-corrected chi connectivity index (χ0v) is 11.1. The maximum atomic E-state index is 5.79. The van der Waals surface area contributed by atoms with Gasteiger partial charge in [0.15, 0.2) is 0 Å². The fraction of sp³-hybridized carbons (Fsp3) is 0.462. The molecule has 0 amide bonds. The molecule has 0 aliphatic carbocycles. The first-order valence-electron chi connectivity index (χ1n) is 5.81. The average molecular weight is 250 g/mol. The SMILES string of the molecule is Cc1cccc(C(N)=S)c1N(C)C1CCOC1. The zero-order chi connectivity index (χ0) is 12.4. The second kappa shape index (κ2) is 5.02. The summed E-state index contributed by atoms with van der Waals surface area (Å²) in [6, 6.07) is 6.48. The molecule has 1 aromatic carbocycles. The lowest BCUT2D eigenvalue weighted by atomic mass is 10.0. The number of hydrogen-bond acceptors (Lipinski definition) is 3. The first-order valence-corrected chi connectivity index (χ1v) is 6.22. The molecule has 1 aromatic rings. The van der Waals surface area contributed by atoms with Gasteiger partial charge in [0, 0.05) is 24.9 Å². The number of anilines is 1. The van der Waals surface area contributed by atoms with Crippen LogP contribution in [0.15, 0.2) is 18.2 Å². The molecule has 3 nitrogen and oxygen atoms in total. The molecule has 0 bridgehead atoms. The quantitative estimate of drug-likeness (QED) is 0.831. The summed E-state index contributed by atoms with van der Waals surface area (Å²) in [6.07, 6.45) is 1.06. The van der Waals surface area contributed by atoms with E-state index < -0.39 is 0 Å². The second-order valence-electron chi connectivity index (χ2n) is 4.46. The maximum Gasteiger partial charge on any atom is 0.106 e. The molecule has 1 fully saturated rings. The highest BCUT2D eigenvalue weighted by Crippen LogP contribution is 2.28. The fourth-order valence-corrected chi connectivity index (χ4v) is 2.50. The van der Waals surface area contributed by atoms with Gasteiger partial charge in [-0.2, -0.15) is 0 Å². The third-order valence-corrected chi connectivity index (χ3v) is 3.53. The number of nitrogens with two attached hydrogens (primary N) is 1. The monoisotopic (exact) mass is 250 g/mol. The molecule has 2 rings (SSSR count). The molecule has 0 saturated carbocycles. The third kappa shape index (κ3) is 2.42. The van der Waals surface area contributed by atoms with E-state index in [1.807, 2.05) is 12.1 Å². The molecule has 4 heteroatoms. The van der Waals surface area contributed by atoms with Crippen molar-refractivity contribution in [1.82, 2.24) is 0 Å². The Kier molecular flexibility index (Phi) is 3.64. The van der Waals surface area contributed by atoms with Gasteiger partial charge in [-0.3, -0.25) is 0 Å². The number of thiocarbonyl (C=S) groups is 1. The van der Waals surface area contributed by atoms with E-state index in [9.17, 15) is 0 Å². The van der Waals surface area contributed by atoms with Gasteiger partial charge in [0.05, 0.1) is 12.6 Å². The van der Waals surface area contributed by atoms with Crippen molar-refractivity contribution >= 4 is 22.9 Å². The predicted octanol–water partition coefficient (Wildman–Crippen LogP) is 1.85. The Morgan fingerprint density at radius 2 is 2.29 bits per heavy atom. The van der Waals surface area contributed by atoms with Gasteiger partial charge in [-0.15, -0.1) is 0 Å². The van der Waals surface area contributed by atoms with E-state index in [2.05, 4.69) is 24.9 Å². The highest BCUT2D eigenvalue weighted by molar-refractivity contribution is 7.80. The first kappa shape index (κ1) is 12.3. The van der Waals surface area contributed by atoms with Crippen molar-refractivity contribution < 1.29 is 4.74 Å². The Morgan fingerprint density at radius 3 is 2.88 bits per heavy atom. The van der Waals surface area contributed by atoms with Crippen LogP contribution in [-0.4, -0.2) is 31.3 Å². The largest absolute Gasteiger partial charge is 0.389 e. The molecule has 1 atom stereocenters. The third-order valence-electron chi connectivity index (χ3n) is 3.31. The lowest BCUT2D eigenvalue weighted by Gasteiger charge is -2.29. The number of nitrogens with zero attached hydrogens (tertiary/aromatic N) is 1. The molecular formula is C13H18N2OS. The van der Waals surface area contributed by atoms with E-state index in [0.717, 1.165) is 30.9 Å². The Bertz CT molecular complexity index is 427. The Balaban J connectivity index is 2.38. The Labute approximate surface area is 108 Å². The molecule has 0 spiro atoms. The van der Waals surface area contributed by atoms with Crippen molar-refractivity contribution in [3.05, 3.63) is 29.3 Å². The summed E-state index contributed by atoms with van der Waals surface area (Å²) in [7, 11) is 2.09. The number of benzene rings is 1. The van der Waals surface area contributed by atoms with Crippen LogP contribution in [0.3, 0.4) is 0 Å². The van der Waals surface area contributed by atoms with Crippen molar-refractivity contribution in [1.29, 1.82) is 0 Å². The number of likely N-dealkylation sites (N-methyl/N-ethyl adjacent to an activating group) is 1. The summed E-state index contributed by atoms with van der Waals surface area (Å²) in [6.45, 7) is 3.70. The van der Waals surface area contributed by atoms with Gasteiger partial charge in [0.2, 0.25) is 0 Å². The molecular weight excluding hydrogens is 232 g/mol. The summed E-state index contributed by atoms with van der Waals surface area (Å²) in [5.41, 5.74) is 9.08. The van der Waals surface area contributed by atoms with Gasteiger partial charge < -0.3 is 15.4 Å². The molecule has 17 heavy (non-hydrogen) atoms. The molecule has 0 radical (unpaired) electrons. The normalized spacial score (nSPS) is 19.3. The molecule has 2 N–H and O–H groups in total. The van der Waals surface area contributed by atoms with Gasteiger partial charge in [-0.25, -0.2) is 0 Å². The van der Waals surface area contributed by atoms with E-state index in [0.29, 0.717) is 11.0 Å². The molecule has 1 unspecified atom stereocenters. The predicted molar refractivity (Wildman–Crippen MR) is 74.7 cm³/mol. The van der Waals surface area contributed by atoms with Gasteiger partial charge in [-0.05, 0) is 25.0 Å². The van der Waals surface area contributed by atoms with Gasteiger partial charge in [0.1, 0.15) is 4.99 Å². The summed E-state index contributed by atoms with van der Waals surface area (Å²) >= 11 is 5.12. The number of rotatable bonds is 3. The van der Waals surface area contributed by atoms with Crippen LogP contribution in [0, 0.1) is 6.92 Å². The van der Waals surface area contributed by atoms with E-state index in [-0.39, 0.29) is 0 Å². The molecule has 92 valence electrons. The van der Waals surface area contributed by atoms with E-state index in [4.69, 9.17) is 22.7 Å². The van der Waals surface area contributed by atoms with Gasteiger partial charge in [-0.1, -0.05) is 24.4 Å². The Morgan fingerprint density at radius 1 is 1.53 bits per heavy atom. The lowest BCUT2D eigenvalue weighted by molar-refractivity contribution is 0.193. The molecule has 1 saturated heterocycles. The summed E-state index contributed by atoms with van der Waals surface area (Å²) < 4.78 is 5.43. The van der Waals surface area contributed by atoms with Crippen LogP contribution in [0.2, 0.25) is 0 Å². The Hall–Kier alpha value is -1.13. The average Bonchev–Trinajstić information content (AvgIpc) is 2.81. The van der Waals surface area contributed by atoms with Crippen LogP contribution in [0.4, 0.5) is 5.69 Å². The first-order chi connectivity index (χ1) is 8.11. The standard InChI is InChI=1S/C13H18N2OS/c1-9-4-3-5-11(13(14)17)12(9)15(2)10-6-7-16-8-10/h3-5,10H,6-8H2,1-2H3,(H2,14,17). The minimum absolute atomic E-state index is 0.421. The van der Waals surface area contributed by atoms with Crippen molar-refractivity contribution in [3.8, 4) is 0 Å². The summed E-state index contributed by atoms with van der Waals surface area (Å²) in [5, 5.41) is 0. The summed E-state index contributed by atoms with van der Waals surface area (Å²) in [5.74, 6) is 0. The van der Waals surface area contributed by atoms with Crippen molar-refractivity contribution in [2.75, 3.05) is 25.2 Å². The summed E-state index contributed by atoms with van der Waals surface area (Å²) in [4.78, 5) is 2.70. The number of para-hydroxylation sites is 1. The van der Waals surface area contributed by atoms with E-state index >= 15 is 0 Å². The van der Waals surface area contributed by atoms with Crippen LogP contribution in [-0.2, 0) is 4.74 Å². The number of aryl methyl sites for hydroxylation is 1. The molecule has 1 heterocycles. The smallest absolute Gasteiger partial charge is 0.106 e. The van der Waals surface area contributed by atoms with Crippen LogP contribution in [0.25, 0.3) is 0 Å². The minimum atomic E-state index is 0.421. The fourth-order valence-electron chi connectivity index (χ4n) is 2.34. The van der Waals surface area contributed by atoms with E-state index in [1.54, 1.807) is 0 Å². The van der Waals surface area contributed by atoms with Crippen molar-refractivity contribution in [2.24, 2.45) is 5.73 Å². The second-order valence-corrected chi connectivity index (χ2v) is 4.90. The highest BCUT2D eigenvalue weighted by Gasteiger charge is 2.23. The highest BCUT2D eigenvalue weighted by atomic mass is 32.1. The van der Waals surface area contributed by atoms with Crippen LogP contribution in [0.5, 0.6) is 0 Å². The van der Waals surface area contributed by atoms with Gasteiger partial charge in [0.25, 0.3) is 0 Å². The number of hydrogen-bond donors (Lipinski definition) is 1. The maximum absolute atomic E-state index is 5.79. The number of ether oxygens (including phenoxy) is 1. The minimum Gasteiger partial charge on any atom is -0.389 e. The molecule has 1 aliphatic rings. The topological polar surface area (TPSA) is 38.5 Å². The van der Waals surface area contributed by atoms with Crippen LogP contribution in [0.1, 0.15) is 17.5 Å². The van der Waals surface area contributed by atoms with Crippen molar-refractivity contribution in [2.45, 2.75) is 19.4 Å². The van der Waals surface area contributed by atoms with Crippen LogP contribution < -0.4 is 10.6 Å². The van der Waals surface area contributed by atoms with Crippen LogP contribution >= 0.6 is 12.2 Å². The lowest BCUT2D eigenvalue weighted by Crippen LogP contribution is -2.34. The zero-order valence-electron chi connectivity index (χ0n) is 10.3. The molecule has 1 aliphatic heterocycles. The van der Waals surface area contributed by atoms with Gasteiger partial charge >= 0.3 is 0 Å². The van der Waals surface area contributed by atoms with E-state index in [1.165, 1.54) is 5.56 Å². The van der Waals surface area contributed by atoms with Crippen molar-refractivity contribution in [3.63, 3.8) is 0 Å². The molecule has 0 aromatic heterocycles.